The molecule has 0 saturated carbocycles. The number of methoxy groups -OCH3 is 1. The molecule has 4 rings (SSSR count). The Morgan fingerprint density at radius 1 is 1.03 bits per heavy atom. The van der Waals surface area contributed by atoms with Crippen LogP contribution < -0.4 is 9.64 Å². The van der Waals surface area contributed by atoms with Crippen molar-refractivity contribution in [2.75, 3.05) is 38.2 Å². The van der Waals surface area contributed by atoms with Crippen LogP contribution in [0, 0.1) is 5.82 Å². The van der Waals surface area contributed by atoms with Crippen molar-refractivity contribution >= 4 is 17.3 Å². The van der Waals surface area contributed by atoms with Gasteiger partial charge in [-0.25, -0.2) is 4.39 Å². The molecule has 2 aromatic carbocycles. The van der Waals surface area contributed by atoms with Crippen LogP contribution in [0.4, 0.5) is 10.1 Å². The molecule has 4 nitrogen and oxygen atoms in total. The number of pyridine rings is 1. The van der Waals surface area contributed by atoms with E-state index < -0.39 is 0 Å². The first-order valence-electron chi connectivity index (χ1n) is 9.64. The fourth-order valence-corrected chi connectivity index (χ4v) is 4.12. The van der Waals surface area contributed by atoms with Crippen molar-refractivity contribution in [1.82, 2.24) is 9.88 Å². The summed E-state index contributed by atoms with van der Waals surface area (Å²) in [6.45, 7) is 3.23. The molecule has 0 spiro atoms. The van der Waals surface area contributed by atoms with E-state index in [2.05, 4.69) is 20.9 Å². The van der Waals surface area contributed by atoms with E-state index in [-0.39, 0.29) is 11.9 Å². The first-order chi connectivity index (χ1) is 14.2. The number of piperazine rings is 1. The number of anilines is 1. The van der Waals surface area contributed by atoms with E-state index >= 15 is 0 Å². The van der Waals surface area contributed by atoms with E-state index in [1.54, 1.807) is 25.4 Å². The summed E-state index contributed by atoms with van der Waals surface area (Å²) in [4.78, 5) is 8.87. The minimum absolute atomic E-state index is 0.208. The van der Waals surface area contributed by atoms with Gasteiger partial charge in [0.15, 0.2) is 0 Å². The summed E-state index contributed by atoms with van der Waals surface area (Å²) in [5.74, 6) is 0.576. The molecule has 1 atom stereocenters. The molecule has 1 unspecified atom stereocenters. The van der Waals surface area contributed by atoms with Gasteiger partial charge in [-0.2, -0.15) is 0 Å². The highest BCUT2D eigenvalue weighted by atomic mass is 35.5. The smallest absolute Gasteiger partial charge is 0.142 e. The van der Waals surface area contributed by atoms with E-state index in [9.17, 15) is 4.39 Å². The monoisotopic (exact) mass is 411 g/mol. The molecular formula is C23H23ClFN3O. The van der Waals surface area contributed by atoms with Crippen LogP contribution >= 0.6 is 11.6 Å². The molecule has 6 heteroatoms. The lowest BCUT2D eigenvalue weighted by Gasteiger charge is -2.40. The highest BCUT2D eigenvalue weighted by Gasteiger charge is 2.29. The summed E-state index contributed by atoms with van der Waals surface area (Å²) in [6.07, 6.45) is 3.55. The summed E-state index contributed by atoms with van der Waals surface area (Å²) in [5, 5.41) is 0.400. The SMILES string of the molecule is COc1ccccc1N1CCN(C(c2cccnc2)c2ccc(Cl)cc2F)CC1. The van der Waals surface area contributed by atoms with Crippen molar-refractivity contribution in [3.63, 3.8) is 0 Å². The van der Waals surface area contributed by atoms with Crippen molar-refractivity contribution < 1.29 is 9.13 Å². The van der Waals surface area contributed by atoms with Crippen molar-refractivity contribution in [2.45, 2.75) is 6.04 Å². The van der Waals surface area contributed by atoms with Gasteiger partial charge >= 0.3 is 0 Å². The third kappa shape index (κ3) is 4.21. The maximum Gasteiger partial charge on any atom is 0.142 e. The second-order valence-electron chi connectivity index (χ2n) is 7.05. The van der Waals surface area contributed by atoms with Crippen LogP contribution in [0.5, 0.6) is 5.75 Å². The van der Waals surface area contributed by atoms with Gasteiger partial charge in [-0.1, -0.05) is 35.9 Å². The number of hydrogen-bond acceptors (Lipinski definition) is 4. The normalized spacial score (nSPS) is 15.9. The second-order valence-corrected chi connectivity index (χ2v) is 7.49. The zero-order chi connectivity index (χ0) is 20.2. The van der Waals surface area contributed by atoms with Gasteiger partial charge in [0.25, 0.3) is 0 Å². The number of nitrogens with zero attached hydrogens (tertiary/aromatic N) is 3. The van der Waals surface area contributed by atoms with Gasteiger partial charge in [0, 0.05) is 49.2 Å². The number of benzene rings is 2. The number of rotatable bonds is 5. The van der Waals surface area contributed by atoms with E-state index in [0.29, 0.717) is 10.6 Å². The molecule has 0 radical (unpaired) electrons. The van der Waals surface area contributed by atoms with Gasteiger partial charge in [0.2, 0.25) is 0 Å². The van der Waals surface area contributed by atoms with E-state index in [0.717, 1.165) is 43.2 Å². The molecule has 0 aliphatic carbocycles. The van der Waals surface area contributed by atoms with E-state index in [4.69, 9.17) is 16.3 Å². The predicted octanol–water partition coefficient (Wildman–Crippen LogP) is 4.79. The number of hydrogen-bond donors (Lipinski definition) is 0. The van der Waals surface area contributed by atoms with Gasteiger partial charge in [0.05, 0.1) is 18.8 Å². The van der Waals surface area contributed by atoms with Crippen LogP contribution in [0.1, 0.15) is 17.2 Å². The zero-order valence-corrected chi connectivity index (χ0v) is 17.0. The highest BCUT2D eigenvalue weighted by Crippen LogP contribution is 2.34. The average molecular weight is 412 g/mol. The summed E-state index contributed by atoms with van der Waals surface area (Å²) in [7, 11) is 1.69. The standard InChI is InChI=1S/C23H23ClFN3O/c1-29-22-7-3-2-6-21(22)27-11-13-28(14-12-27)23(17-5-4-10-26-16-17)19-9-8-18(24)15-20(19)25/h2-10,15-16,23H,11-14H2,1H3. The molecule has 2 heterocycles. The lowest BCUT2D eigenvalue weighted by molar-refractivity contribution is 0.208. The van der Waals surface area contributed by atoms with Crippen molar-refractivity contribution in [3.8, 4) is 5.75 Å². The van der Waals surface area contributed by atoms with Crippen LogP contribution in [-0.2, 0) is 0 Å². The fraction of sp³-hybridized carbons (Fsp3) is 0.261. The Balaban J connectivity index is 1.60. The number of para-hydroxylation sites is 2. The first-order valence-corrected chi connectivity index (χ1v) is 10.0. The third-order valence-corrected chi connectivity index (χ3v) is 5.60. The molecule has 29 heavy (non-hydrogen) atoms. The van der Waals surface area contributed by atoms with E-state index in [1.807, 2.05) is 36.5 Å². The maximum absolute atomic E-state index is 14.8. The Morgan fingerprint density at radius 3 is 2.52 bits per heavy atom. The van der Waals surface area contributed by atoms with Crippen molar-refractivity contribution in [1.29, 1.82) is 0 Å². The van der Waals surface area contributed by atoms with Crippen molar-refractivity contribution in [3.05, 3.63) is 89.0 Å². The molecule has 1 aliphatic heterocycles. The molecule has 0 amide bonds. The molecule has 1 fully saturated rings. The Morgan fingerprint density at radius 2 is 1.83 bits per heavy atom. The summed E-state index contributed by atoms with van der Waals surface area (Å²) in [6, 6.07) is 16.6. The minimum Gasteiger partial charge on any atom is -0.495 e. The Bertz CT molecular complexity index is 961. The fourth-order valence-electron chi connectivity index (χ4n) is 3.96. The van der Waals surface area contributed by atoms with Crippen LogP contribution in [0.2, 0.25) is 5.02 Å². The summed E-state index contributed by atoms with van der Waals surface area (Å²) < 4.78 is 20.3. The molecule has 3 aromatic rings. The Hall–Kier alpha value is -2.63. The lowest BCUT2D eigenvalue weighted by Crippen LogP contribution is -2.48. The number of aromatic nitrogens is 1. The quantitative estimate of drug-likeness (QED) is 0.603. The van der Waals surface area contributed by atoms with Crippen LogP contribution in [0.15, 0.2) is 67.0 Å². The molecule has 0 bridgehead atoms. The molecule has 0 N–H and O–H groups in total. The zero-order valence-electron chi connectivity index (χ0n) is 16.3. The molecule has 1 saturated heterocycles. The number of ether oxygens (including phenoxy) is 1. The largest absolute Gasteiger partial charge is 0.495 e. The molecular weight excluding hydrogens is 389 g/mol. The van der Waals surface area contributed by atoms with Gasteiger partial charge < -0.3 is 9.64 Å². The Labute approximate surface area is 175 Å². The summed E-state index contributed by atoms with van der Waals surface area (Å²) in [5.41, 5.74) is 2.68. The molecule has 1 aromatic heterocycles. The van der Waals surface area contributed by atoms with Gasteiger partial charge in [-0.15, -0.1) is 0 Å². The highest BCUT2D eigenvalue weighted by molar-refractivity contribution is 6.30. The van der Waals surface area contributed by atoms with Gasteiger partial charge in [0.1, 0.15) is 11.6 Å². The van der Waals surface area contributed by atoms with Crippen molar-refractivity contribution in [2.24, 2.45) is 0 Å². The maximum atomic E-state index is 14.8. The molecule has 150 valence electrons. The predicted molar refractivity (Wildman–Crippen MR) is 114 cm³/mol. The number of halogens is 2. The molecule has 1 aliphatic rings. The second kappa shape index (κ2) is 8.80. The first kappa shape index (κ1) is 19.7. The topological polar surface area (TPSA) is 28.6 Å². The average Bonchev–Trinajstić information content (AvgIpc) is 2.77. The Kier molecular flexibility index (Phi) is 5.97. The van der Waals surface area contributed by atoms with Gasteiger partial charge in [-0.3, -0.25) is 9.88 Å². The minimum atomic E-state index is -0.293. The van der Waals surface area contributed by atoms with Crippen LogP contribution in [-0.4, -0.2) is 43.2 Å². The lowest BCUT2D eigenvalue weighted by atomic mass is 9.97. The van der Waals surface area contributed by atoms with Crippen LogP contribution in [0.25, 0.3) is 0 Å². The van der Waals surface area contributed by atoms with Crippen LogP contribution in [0.3, 0.4) is 0 Å². The summed E-state index contributed by atoms with van der Waals surface area (Å²) >= 11 is 5.98. The van der Waals surface area contributed by atoms with Gasteiger partial charge in [-0.05, 0) is 35.9 Å². The van der Waals surface area contributed by atoms with E-state index in [1.165, 1.54) is 6.07 Å². The third-order valence-electron chi connectivity index (χ3n) is 5.36.